The van der Waals surface area contributed by atoms with Crippen LogP contribution in [0.3, 0.4) is 0 Å². The first kappa shape index (κ1) is 10.6. The lowest BCUT2D eigenvalue weighted by Gasteiger charge is -2.36. The fourth-order valence-corrected chi connectivity index (χ4v) is 2.20. The second kappa shape index (κ2) is 4.71. The Morgan fingerprint density at radius 3 is 2.77 bits per heavy atom. The molecule has 116 valence electrons. The molecule has 1 aliphatic carbocycles. The zero-order valence-corrected chi connectivity index (χ0v) is 11.3. The number of rotatable bonds is 0. The standard InChI is InChI=1S/C14H9ClF3NO3/c15-8-5-9-11(10(20)6-8)19-12(21)22-13(9,14(16,17)18)4-3-7-1-2-7/h5-7,20H,1-2H2,(H,19,21)/i1D2,2D2. The Hall–Kier alpha value is -2.07. The van der Waals surface area contributed by atoms with Crippen molar-refractivity contribution in [3.63, 3.8) is 0 Å². The molecule has 1 aromatic rings. The summed E-state index contributed by atoms with van der Waals surface area (Å²) in [5.41, 5.74) is -4.93. The number of halogens is 4. The largest absolute Gasteiger partial charge is 0.506 e. The predicted molar refractivity (Wildman–Crippen MR) is 71.5 cm³/mol. The molecule has 1 atom stereocenters. The molecule has 2 aliphatic rings. The van der Waals surface area contributed by atoms with Crippen molar-refractivity contribution in [3.8, 4) is 17.6 Å². The number of amides is 1. The second-order valence-electron chi connectivity index (χ2n) is 4.53. The summed E-state index contributed by atoms with van der Waals surface area (Å²) in [6.07, 6.45) is -11.7. The fourth-order valence-electron chi connectivity index (χ4n) is 1.99. The van der Waals surface area contributed by atoms with Gasteiger partial charge in [-0.2, -0.15) is 13.2 Å². The number of aromatic hydroxyl groups is 1. The summed E-state index contributed by atoms with van der Waals surface area (Å²) >= 11 is 5.70. The highest BCUT2D eigenvalue weighted by molar-refractivity contribution is 6.31. The zero-order chi connectivity index (χ0) is 19.7. The number of anilines is 1. The van der Waals surface area contributed by atoms with Crippen molar-refractivity contribution in [2.75, 3.05) is 5.32 Å². The smallest absolute Gasteiger partial charge is 0.445 e. The average Bonchev–Trinajstić information content (AvgIpc) is 2.85. The van der Waals surface area contributed by atoms with E-state index >= 15 is 0 Å². The van der Waals surface area contributed by atoms with Gasteiger partial charge in [0.15, 0.2) is 0 Å². The van der Waals surface area contributed by atoms with Gasteiger partial charge in [-0.1, -0.05) is 17.5 Å². The van der Waals surface area contributed by atoms with Gasteiger partial charge >= 0.3 is 12.3 Å². The molecule has 0 radical (unpaired) electrons. The van der Waals surface area contributed by atoms with E-state index in [9.17, 15) is 23.1 Å². The first-order chi connectivity index (χ1) is 11.7. The van der Waals surface area contributed by atoms with Crippen LogP contribution >= 0.6 is 11.6 Å². The number of ether oxygens (including phenoxy) is 1. The van der Waals surface area contributed by atoms with Gasteiger partial charge in [0.2, 0.25) is 0 Å². The van der Waals surface area contributed by atoms with Crippen LogP contribution < -0.4 is 5.32 Å². The van der Waals surface area contributed by atoms with Crippen molar-refractivity contribution in [2.45, 2.75) is 24.5 Å². The van der Waals surface area contributed by atoms with Gasteiger partial charge in [-0.25, -0.2) is 4.79 Å². The third-order valence-electron chi connectivity index (χ3n) is 3.01. The maximum atomic E-state index is 13.8. The van der Waals surface area contributed by atoms with E-state index in [0.29, 0.717) is 0 Å². The lowest BCUT2D eigenvalue weighted by molar-refractivity contribution is -0.239. The molecule has 1 aliphatic heterocycles. The van der Waals surface area contributed by atoms with Crippen LogP contribution in [0.2, 0.25) is 5.02 Å². The van der Waals surface area contributed by atoms with Crippen molar-refractivity contribution in [3.05, 3.63) is 22.7 Å². The number of phenols is 1. The highest BCUT2D eigenvalue weighted by Gasteiger charge is 2.62. The Balaban J connectivity index is 2.23. The molecular formula is C14H9ClF3NO3. The van der Waals surface area contributed by atoms with Gasteiger partial charge in [-0.15, -0.1) is 0 Å². The molecule has 1 fully saturated rings. The van der Waals surface area contributed by atoms with Crippen molar-refractivity contribution in [2.24, 2.45) is 5.92 Å². The highest BCUT2D eigenvalue weighted by atomic mass is 35.5. The molecule has 0 aromatic heterocycles. The van der Waals surface area contributed by atoms with Crippen molar-refractivity contribution >= 4 is 23.4 Å². The van der Waals surface area contributed by atoms with Crippen molar-refractivity contribution < 1.29 is 33.3 Å². The molecule has 1 heterocycles. The van der Waals surface area contributed by atoms with Gasteiger partial charge in [0.1, 0.15) is 5.75 Å². The molecule has 1 amide bonds. The monoisotopic (exact) mass is 335 g/mol. The van der Waals surface area contributed by atoms with E-state index in [0.717, 1.165) is 12.1 Å². The molecule has 4 nitrogen and oxygen atoms in total. The van der Waals surface area contributed by atoms with Crippen LogP contribution in [0.5, 0.6) is 5.75 Å². The predicted octanol–water partition coefficient (Wildman–Crippen LogP) is 3.78. The first-order valence-electron chi connectivity index (χ1n) is 7.86. The molecule has 0 spiro atoms. The van der Waals surface area contributed by atoms with Gasteiger partial charge in [-0.3, -0.25) is 5.32 Å². The number of cyclic esters (lactones) is 1. The van der Waals surface area contributed by atoms with E-state index in [4.69, 9.17) is 17.1 Å². The van der Waals surface area contributed by atoms with Crippen LogP contribution in [0.25, 0.3) is 0 Å². The van der Waals surface area contributed by atoms with Gasteiger partial charge in [0, 0.05) is 28.1 Å². The van der Waals surface area contributed by atoms with Crippen LogP contribution in [0.1, 0.15) is 23.8 Å². The average molecular weight is 336 g/mol. The number of carbonyl (C=O) groups is 1. The van der Waals surface area contributed by atoms with E-state index in [1.165, 1.54) is 0 Å². The minimum absolute atomic E-state index is 0.284. The van der Waals surface area contributed by atoms with E-state index in [2.05, 4.69) is 4.74 Å². The van der Waals surface area contributed by atoms with Crippen LogP contribution in [0, 0.1) is 17.8 Å². The van der Waals surface area contributed by atoms with Crippen LogP contribution in [0.15, 0.2) is 12.1 Å². The van der Waals surface area contributed by atoms with Crippen molar-refractivity contribution in [1.29, 1.82) is 0 Å². The molecule has 3 rings (SSSR count). The summed E-state index contributed by atoms with van der Waals surface area (Å²) in [7, 11) is 0. The third-order valence-corrected chi connectivity index (χ3v) is 3.23. The van der Waals surface area contributed by atoms with Gasteiger partial charge in [0.05, 0.1) is 5.69 Å². The van der Waals surface area contributed by atoms with E-state index in [1.807, 2.05) is 11.2 Å². The number of fused-ring (bicyclic) bond motifs is 1. The maximum absolute atomic E-state index is 13.8. The second-order valence-corrected chi connectivity index (χ2v) is 4.97. The van der Waals surface area contributed by atoms with Crippen LogP contribution in [-0.2, 0) is 10.3 Å². The Bertz CT molecular complexity index is 867. The van der Waals surface area contributed by atoms with Crippen molar-refractivity contribution in [1.82, 2.24) is 0 Å². The third kappa shape index (κ3) is 2.33. The maximum Gasteiger partial charge on any atom is 0.445 e. The summed E-state index contributed by atoms with van der Waals surface area (Å²) in [5.74, 6) is 1.21. The SMILES string of the molecule is [2H]C1([2H])C(C#CC2(C(F)(F)F)OC(=O)Nc3c(O)cc(Cl)cc32)C1([2H])[2H]. The Morgan fingerprint density at radius 2 is 2.18 bits per heavy atom. The normalized spacial score (nSPS) is 31.0. The Labute approximate surface area is 133 Å². The highest BCUT2D eigenvalue weighted by Crippen LogP contribution is 2.50. The number of nitrogens with one attached hydrogen (secondary N) is 1. The molecule has 1 aromatic carbocycles. The number of phenolic OH excluding ortho intramolecular Hbond substituents is 1. The molecule has 22 heavy (non-hydrogen) atoms. The summed E-state index contributed by atoms with van der Waals surface area (Å²) in [6.45, 7) is 0. The minimum Gasteiger partial charge on any atom is -0.506 e. The molecule has 2 N–H and O–H groups in total. The van der Waals surface area contributed by atoms with E-state index < -0.39 is 53.5 Å². The van der Waals surface area contributed by atoms with E-state index in [-0.39, 0.29) is 5.02 Å². The lowest BCUT2D eigenvalue weighted by Crippen LogP contribution is -2.49. The zero-order valence-electron chi connectivity index (χ0n) is 14.5. The molecule has 0 saturated heterocycles. The van der Waals surface area contributed by atoms with Crippen LogP contribution in [-0.4, -0.2) is 17.4 Å². The molecule has 8 heteroatoms. The molecular weight excluding hydrogens is 323 g/mol. The molecule has 0 bridgehead atoms. The first-order valence-corrected chi connectivity index (χ1v) is 6.24. The summed E-state index contributed by atoms with van der Waals surface area (Å²) < 4.78 is 75.7. The number of alkyl halides is 3. The fraction of sp³-hybridized carbons (Fsp3) is 0.357. The summed E-state index contributed by atoms with van der Waals surface area (Å²) in [6, 6.07) is 1.72. The topological polar surface area (TPSA) is 58.6 Å². The summed E-state index contributed by atoms with van der Waals surface area (Å²) in [5, 5.41) is 11.5. The summed E-state index contributed by atoms with van der Waals surface area (Å²) in [4.78, 5) is 11.6. The quantitative estimate of drug-likeness (QED) is 0.560. The molecule has 1 unspecified atom stereocenters. The van der Waals surface area contributed by atoms with Gasteiger partial charge in [0.25, 0.3) is 5.60 Å². The number of hydrogen-bond acceptors (Lipinski definition) is 3. The number of benzene rings is 1. The number of carbonyl (C=O) groups excluding carboxylic acids is 1. The minimum atomic E-state index is -5.28. The Morgan fingerprint density at radius 1 is 1.50 bits per heavy atom. The van der Waals surface area contributed by atoms with Gasteiger partial charge < -0.3 is 9.84 Å². The number of hydrogen-bond donors (Lipinski definition) is 2. The van der Waals surface area contributed by atoms with Crippen LogP contribution in [0.4, 0.5) is 23.7 Å². The lowest BCUT2D eigenvalue weighted by atomic mass is 9.90. The molecule has 1 saturated carbocycles. The van der Waals surface area contributed by atoms with E-state index in [1.54, 1.807) is 5.92 Å². The van der Waals surface area contributed by atoms with Gasteiger partial charge in [-0.05, 0) is 24.7 Å². The Kier molecular flexibility index (Phi) is 2.28.